The molecule has 1 amide bonds. The number of para-hydroxylation sites is 1. The summed E-state index contributed by atoms with van der Waals surface area (Å²) < 4.78 is 7.77. The van der Waals surface area contributed by atoms with Gasteiger partial charge in [0.05, 0.1) is 18.0 Å². The van der Waals surface area contributed by atoms with Gasteiger partial charge >= 0.3 is 0 Å². The summed E-state index contributed by atoms with van der Waals surface area (Å²) in [5.41, 5.74) is 3.67. The number of carbonyl (C=O) groups excluding carboxylic acids is 1. The smallest absolute Gasteiger partial charge is 0.257 e. The maximum absolute atomic E-state index is 13.3. The maximum Gasteiger partial charge on any atom is 0.257 e. The predicted molar refractivity (Wildman–Crippen MR) is 106 cm³/mol. The third-order valence-electron chi connectivity index (χ3n) is 5.46. The fraction of sp³-hybridized carbons (Fsp3) is 0.273. The molecular formula is C22H22N4O2. The Morgan fingerprint density at radius 3 is 2.75 bits per heavy atom. The van der Waals surface area contributed by atoms with Crippen LogP contribution in [0.15, 0.2) is 67.3 Å². The number of rotatable bonds is 4. The Morgan fingerprint density at radius 1 is 1.14 bits per heavy atom. The minimum Gasteiger partial charge on any atom is -0.376 e. The van der Waals surface area contributed by atoms with Crippen molar-refractivity contribution in [3.05, 3.63) is 78.4 Å². The summed E-state index contributed by atoms with van der Waals surface area (Å²) in [6.07, 6.45) is 7.38. The second kappa shape index (κ2) is 7.13. The van der Waals surface area contributed by atoms with Crippen molar-refractivity contribution in [2.45, 2.75) is 25.1 Å². The molecule has 0 saturated carbocycles. The number of amides is 1. The number of anilines is 1. The molecule has 0 spiro atoms. The van der Waals surface area contributed by atoms with Crippen LogP contribution in [0.1, 0.15) is 34.9 Å². The van der Waals surface area contributed by atoms with Crippen molar-refractivity contribution < 1.29 is 9.53 Å². The zero-order chi connectivity index (χ0) is 18.9. The van der Waals surface area contributed by atoms with Crippen molar-refractivity contribution in [1.82, 2.24) is 14.5 Å². The van der Waals surface area contributed by atoms with Crippen molar-refractivity contribution in [2.24, 2.45) is 0 Å². The van der Waals surface area contributed by atoms with Gasteiger partial charge in [0.1, 0.15) is 6.17 Å². The van der Waals surface area contributed by atoms with Crippen LogP contribution in [-0.2, 0) is 4.74 Å². The van der Waals surface area contributed by atoms with E-state index in [1.54, 1.807) is 12.5 Å². The summed E-state index contributed by atoms with van der Waals surface area (Å²) >= 11 is 0. The van der Waals surface area contributed by atoms with Crippen molar-refractivity contribution in [1.29, 1.82) is 0 Å². The molecule has 3 heterocycles. The molecule has 1 saturated heterocycles. The highest BCUT2D eigenvalue weighted by atomic mass is 16.5. The average Bonchev–Trinajstić information content (AvgIpc) is 3.44. The molecule has 28 heavy (non-hydrogen) atoms. The molecule has 2 atom stereocenters. The van der Waals surface area contributed by atoms with E-state index in [-0.39, 0.29) is 18.2 Å². The number of hydrogen-bond acceptors (Lipinski definition) is 4. The molecule has 2 aromatic carbocycles. The summed E-state index contributed by atoms with van der Waals surface area (Å²) in [5, 5.41) is 3.55. The van der Waals surface area contributed by atoms with Gasteiger partial charge in [0.25, 0.3) is 5.91 Å². The zero-order valence-electron chi connectivity index (χ0n) is 15.5. The Kier molecular flexibility index (Phi) is 4.33. The van der Waals surface area contributed by atoms with E-state index in [1.807, 2.05) is 52.1 Å². The molecule has 6 heteroatoms. The van der Waals surface area contributed by atoms with Gasteiger partial charge in [-0.3, -0.25) is 4.79 Å². The lowest BCUT2D eigenvalue weighted by Crippen LogP contribution is -2.46. The van der Waals surface area contributed by atoms with Crippen LogP contribution in [0.3, 0.4) is 0 Å². The lowest BCUT2D eigenvalue weighted by molar-refractivity contribution is 0.0427. The molecule has 0 bridgehead atoms. The molecular weight excluding hydrogens is 352 g/mol. The molecule has 5 rings (SSSR count). The van der Waals surface area contributed by atoms with Gasteiger partial charge < -0.3 is 19.5 Å². The summed E-state index contributed by atoms with van der Waals surface area (Å²) in [7, 11) is 0. The molecule has 1 aromatic heterocycles. The van der Waals surface area contributed by atoms with E-state index in [0.717, 1.165) is 36.4 Å². The minimum absolute atomic E-state index is 0.0496. The first kappa shape index (κ1) is 17.0. The summed E-state index contributed by atoms with van der Waals surface area (Å²) in [4.78, 5) is 19.3. The number of carbonyl (C=O) groups is 1. The van der Waals surface area contributed by atoms with Gasteiger partial charge in [0.15, 0.2) is 0 Å². The highest BCUT2D eigenvalue weighted by Gasteiger charge is 2.35. The van der Waals surface area contributed by atoms with E-state index < -0.39 is 0 Å². The van der Waals surface area contributed by atoms with Crippen molar-refractivity contribution in [3.63, 3.8) is 0 Å². The fourth-order valence-electron chi connectivity index (χ4n) is 3.99. The van der Waals surface area contributed by atoms with Crippen LogP contribution in [0.5, 0.6) is 0 Å². The standard InChI is InChI=1S/C22H22N4O2/c27-22-19-5-1-2-6-20(19)24-21(26(22)14-18-4-3-13-28-18)16-7-9-17(10-8-16)25-12-11-23-15-25/h1-2,5-12,15,18,21,24H,3-4,13-14H2. The molecule has 0 aliphatic carbocycles. The highest BCUT2D eigenvalue weighted by Crippen LogP contribution is 2.34. The molecule has 3 aromatic rings. The molecule has 0 radical (unpaired) electrons. The topological polar surface area (TPSA) is 59.4 Å². The zero-order valence-corrected chi connectivity index (χ0v) is 15.5. The minimum atomic E-state index is -0.219. The largest absolute Gasteiger partial charge is 0.376 e. The normalized spacial score (nSPS) is 21.4. The molecule has 2 aliphatic heterocycles. The number of hydrogen-bond donors (Lipinski definition) is 1. The van der Waals surface area contributed by atoms with Crippen molar-refractivity contribution in [3.8, 4) is 5.69 Å². The Balaban J connectivity index is 1.48. The summed E-state index contributed by atoms with van der Waals surface area (Å²) in [6, 6.07) is 15.9. The van der Waals surface area contributed by atoms with E-state index >= 15 is 0 Å². The van der Waals surface area contributed by atoms with Crippen LogP contribution in [0, 0.1) is 0 Å². The van der Waals surface area contributed by atoms with Crippen LogP contribution in [0.2, 0.25) is 0 Å². The number of nitrogens with one attached hydrogen (secondary N) is 1. The van der Waals surface area contributed by atoms with E-state index in [9.17, 15) is 4.79 Å². The maximum atomic E-state index is 13.3. The second-order valence-electron chi connectivity index (χ2n) is 7.25. The van der Waals surface area contributed by atoms with Crippen LogP contribution in [-0.4, -0.2) is 39.6 Å². The second-order valence-corrected chi connectivity index (χ2v) is 7.25. The lowest BCUT2D eigenvalue weighted by atomic mass is 10.0. The number of ether oxygens (including phenoxy) is 1. The van der Waals surface area contributed by atoms with E-state index in [2.05, 4.69) is 22.4 Å². The average molecular weight is 374 g/mol. The Morgan fingerprint density at radius 2 is 2.00 bits per heavy atom. The highest BCUT2D eigenvalue weighted by molar-refractivity contribution is 6.01. The first-order valence-electron chi connectivity index (χ1n) is 9.66. The first-order chi connectivity index (χ1) is 13.8. The van der Waals surface area contributed by atoms with Crippen LogP contribution < -0.4 is 5.32 Å². The van der Waals surface area contributed by atoms with Gasteiger partial charge in [-0.25, -0.2) is 4.98 Å². The van der Waals surface area contributed by atoms with Crippen molar-refractivity contribution >= 4 is 11.6 Å². The molecule has 6 nitrogen and oxygen atoms in total. The Bertz CT molecular complexity index is 962. The number of aromatic nitrogens is 2. The number of imidazole rings is 1. The number of nitrogens with zero attached hydrogens (tertiary/aromatic N) is 3. The van der Waals surface area contributed by atoms with E-state index in [1.165, 1.54) is 0 Å². The Labute approximate surface area is 163 Å². The lowest BCUT2D eigenvalue weighted by Gasteiger charge is -2.39. The molecule has 1 fully saturated rings. The van der Waals surface area contributed by atoms with Crippen LogP contribution in [0.4, 0.5) is 5.69 Å². The monoisotopic (exact) mass is 374 g/mol. The summed E-state index contributed by atoms with van der Waals surface area (Å²) in [6.45, 7) is 1.37. The summed E-state index contributed by atoms with van der Waals surface area (Å²) in [5.74, 6) is 0.0496. The van der Waals surface area contributed by atoms with Crippen molar-refractivity contribution in [2.75, 3.05) is 18.5 Å². The first-order valence-corrected chi connectivity index (χ1v) is 9.66. The van der Waals surface area contributed by atoms with Crippen LogP contribution >= 0.6 is 0 Å². The van der Waals surface area contributed by atoms with Gasteiger partial charge in [-0.05, 0) is 42.7 Å². The molecule has 2 unspecified atom stereocenters. The molecule has 142 valence electrons. The third kappa shape index (κ3) is 3.05. The number of fused-ring (bicyclic) bond motifs is 1. The van der Waals surface area contributed by atoms with Gasteiger partial charge in [0, 0.05) is 36.9 Å². The predicted octanol–water partition coefficient (Wildman–Crippen LogP) is 3.62. The number of benzene rings is 2. The SMILES string of the molecule is O=C1c2ccccc2NC(c2ccc(-n3ccnc3)cc2)N1CC1CCCO1. The van der Waals surface area contributed by atoms with Gasteiger partial charge in [0.2, 0.25) is 0 Å². The van der Waals surface area contributed by atoms with E-state index in [0.29, 0.717) is 12.1 Å². The molecule has 1 N–H and O–H groups in total. The Hall–Kier alpha value is -3.12. The third-order valence-corrected chi connectivity index (χ3v) is 5.46. The fourth-order valence-corrected chi connectivity index (χ4v) is 3.99. The van der Waals surface area contributed by atoms with Gasteiger partial charge in [-0.1, -0.05) is 24.3 Å². The quantitative estimate of drug-likeness (QED) is 0.758. The van der Waals surface area contributed by atoms with Crippen LogP contribution in [0.25, 0.3) is 5.69 Å². The van der Waals surface area contributed by atoms with Gasteiger partial charge in [-0.15, -0.1) is 0 Å². The van der Waals surface area contributed by atoms with Gasteiger partial charge in [-0.2, -0.15) is 0 Å². The van der Waals surface area contributed by atoms with E-state index in [4.69, 9.17) is 4.74 Å². The molecule has 2 aliphatic rings.